The Morgan fingerprint density at radius 3 is 2.61 bits per heavy atom. The minimum Gasteiger partial charge on any atom is -0.321 e. The van der Waals surface area contributed by atoms with Crippen molar-refractivity contribution in [3.8, 4) is 0 Å². The van der Waals surface area contributed by atoms with Gasteiger partial charge in [0.15, 0.2) is 0 Å². The van der Waals surface area contributed by atoms with Gasteiger partial charge in [-0.15, -0.1) is 11.3 Å². The van der Waals surface area contributed by atoms with Gasteiger partial charge in [0.05, 0.1) is 10.0 Å². The Labute approximate surface area is 149 Å². The zero-order valence-electron chi connectivity index (χ0n) is 12.7. The number of carbonyl (C=O) groups is 1. The number of carbonyl (C=O) groups excluding carboxylic acids is 1. The van der Waals surface area contributed by atoms with Crippen LogP contribution >= 0.6 is 34.5 Å². The monoisotopic (exact) mass is 363 g/mol. The molecule has 0 saturated heterocycles. The zero-order chi connectivity index (χ0) is 16.6. The first-order valence-electron chi connectivity index (χ1n) is 7.29. The highest BCUT2D eigenvalue weighted by Crippen LogP contribution is 2.39. The Hall–Kier alpha value is -1.55. The van der Waals surface area contributed by atoms with Crippen molar-refractivity contribution in [2.75, 3.05) is 5.32 Å². The van der Waals surface area contributed by atoms with Crippen LogP contribution in [-0.4, -0.2) is 5.91 Å². The van der Waals surface area contributed by atoms with Crippen molar-refractivity contribution in [3.05, 3.63) is 62.4 Å². The number of para-hydroxylation sites is 1. The van der Waals surface area contributed by atoms with Gasteiger partial charge in [0, 0.05) is 15.8 Å². The van der Waals surface area contributed by atoms with E-state index in [1.807, 2.05) is 37.3 Å². The van der Waals surface area contributed by atoms with E-state index in [2.05, 4.69) is 12.2 Å². The first-order valence-corrected chi connectivity index (χ1v) is 8.86. The molecule has 118 valence electrons. The van der Waals surface area contributed by atoms with Crippen LogP contribution in [0, 0.1) is 6.92 Å². The summed E-state index contributed by atoms with van der Waals surface area (Å²) >= 11 is 14.0. The average molecular weight is 364 g/mol. The van der Waals surface area contributed by atoms with Crippen LogP contribution in [0.2, 0.25) is 10.0 Å². The molecule has 0 aliphatic rings. The third kappa shape index (κ3) is 2.97. The van der Waals surface area contributed by atoms with Gasteiger partial charge in [-0.25, -0.2) is 0 Å². The number of thiophene rings is 1. The number of rotatable bonds is 3. The summed E-state index contributed by atoms with van der Waals surface area (Å²) in [7, 11) is 0. The molecule has 2 aromatic carbocycles. The predicted octanol–water partition coefficient (Wildman–Crippen LogP) is 6.33. The average Bonchev–Trinajstić information content (AvgIpc) is 2.87. The molecular formula is C18H15Cl2NOS. The fourth-order valence-electron chi connectivity index (χ4n) is 2.59. The number of benzene rings is 2. The second-order valence-electron chi connectivity index (χ2n) is 5.27. The lowest BCUT2D eigenvalue weighted by molar-refractivity contribution is 0.103. The van der Waals surface area contributed by atoms with Gasteiger partial charge >= 0.3 is 0 Å². The van der Waals surface area contributed by atoms with Crippen molar-refractivity contribution in [1.29, 1.82) is 0 Å². The van der Waals surface area contributed by atoms with Gasteiger partial charge < -0.3 is 5.32 Å². The summed E-state index contributed by atoms with van der Waals surface area (Å²) in [4.78, 5) is 13.2. The molecule has 0 radical (unpaired) electrons. The highest BCUT2D eigenvalue weighted by atomic mass is 35.5. The summed E-state index contributed by atoms with van der Waals surface area (Å²) in [5.74, 6) is -0.198. The molecule has 0 bridgehead atoms. The largest absolute Gasteiger partial charge is 0.321 e. The first kappa shape index (κ1) is 16.3. The van der Waals surface area contributed by atoms with Gasteiger partial charge in [-0.1, -0.05) is 54.4 Å². The van der Waals surface area contributed by atoms with Gasteiger partial charge in [-0.05, 0) is 36.6 Å². The highest BCUT2D eigenvalue weighted by molar-refractivity contribution is 7.21. The summed E-state index contributed by atoms with van der Waals surface area (Å²) in [6.45, 7) is 4.05. The molecule has 0 spiro atoms. The van der Waals surface area contributed by atoms with Gasteiger partial charge in [-0.3, -0.25) is 4.79 Å². The summed E-state index contributed by atoms with van der Waals surface area (Å²) in [6, 6.07) is 11.6. The molecule has 3 rings (SSSR count). The van der Waals surface area contributed by atoms with E-state index in [0.717, 1.165) is 33.3 Å². The van der Waals surface area contributed by atoms with Crippen LogP contribution in [0.5, 0.6) is 0 Å². The van der Waals surface area contributed by atoms with Crippen molar-refractivity contribution in [2.45, 2.75) is 20.3 Å². The van der Waals surface area contributed by atoms with E-state index in [9.17, 15) is 4.79 Å². The molecule has 3 aromatic rings. The number of hydrogen-bond donors (Lipinski definition) is 1. The number of anilines is 1. The molecular weight excluding hydrogens is 349 g/mol. The van der Waals surface area contributed by atoms with Crippen molar-refractivity contribution >= 4 is 56.2 Å². The molecule has 0 aliphatic heterocycles. The second-order valence-corrected chi connectivity index (χ2v) is 7.11. The number of amides is 1. The summed E-state index contributed by atoms with van der Waals surface area (Å²) in [6.07, 6.45) is 0.850. The van der Waals surface area contributed by atoms with Crippen LogP contribution in [0.15, 0.2) is 36.4 Å². The SMILES string of the molecule is CCc1cccc(C)c1NC(=O)c1sc2cccc(Cl)c2c1Cl. The lowest BCUT2D eigenvalue weighted by Gasteiger charge is -2.12. The molecule has 1 aromatic heterocycles. The van der Waals surface area contributed by atoms with Gasteiger partial charge in [0.1, 0.15) is 4.88 Å². The number of aryl methyl sites for hydroxylation is 2. The molecule has 1 amide bonds. The fraction of sp³-hybridized carbons (Fsp3) is 0.167. The minimum absolute atomic E-state index is 0.198. The predicted molar refractivity (Wildman–Crippen MR) is 100 cm³/mol. The highest BCUT2D eigenvalue weighted by Gasteiger charge is 2.20. The van der Waals surface area contributed by atoms with Crippen LogP contribution in [0.25, 0.3) is 10.1 Å². The molecule has 1 heterocycles. The quantitative estimate of drug-likeness (QED) is 0.578. The van der Waals surface area contributed by atoms with Crippen LogP contribution in [0.4, 0.5) is 5.69 Å². The van der Waals surface area contributed by atoms with E-state index in [1.54, 1.807) is 6.07 Å². The second kappa shape index (κ2) is 6.52. The van der Waals surface area contributed by atoms with E-state index < -0.39 is 0 Å². The smallest absolute Gasteiger partial charge is 0.267 e. The Morgan fingerprint density at radius 1 is 1.17 bits per heavy atom. The van der Waals surface area contributed by atoms with Crippen LogP contribution in [-0.2, 0) is 6.42 Å². The van der Waals surface area contributed by atoms with E-state index in [0.29, 0.717) is 14.9 Å². The standard InChI is InChI=1S/C18H15Cl2NOS/c1-3-11-7-4-6-10(2)16(11)21-18(22)17-15(20)14-12(19)8-5-9-13(14)23-17/h4-9H,3H2,1-2H3,(H,21,22). The molecule has 0 unspecified atom stereocenters. The van der Waals surface area contributed by atoms with Crippen molar-refractivity contribution in [3.63, 3.8) is 0 Å². The Balaban J connectivity index is 2.02. The lowest BCUT2D eigenvalue weighted by atomic mass is 10.1. The normalized spacial score (nSPS) is 11.0. The maximum absolute atomic E-state index is 12.7. The third-order valence-electron chi connectivity index (χ3n) is 3.79. The third-order valence-corrected chi connectivity index (χ3v) is 5.75. The number of fused-ring (bicyclic) bond motifs is 1. The van der Waals surface area contributed by atoms with Crippen molar-refractivity contribution in [2.24, 2.45) is 0 Å². The molecule has 0 saturated carbocycles. The van der Waals surface area contributed by atoms with E-state index in [1.165, 1.54) is 11.3 Å². The molecule has 5 heteroatoms. The molecule has 2 nitrogen and oxygen atoms in total. The first-order chi connectivity index (χ1) is 11.0. The van der Waals surface area contributed by atoms with Crippen molar-refractivity contribution < 1.29 is 4.79 Å². The topological polar surface area (TPSA) is 29.1 Å². The Kier molecular flexibility index (Phi) is 4.62. The van der Waals surface area contributed by atoms with Crippen LogP contribution in [0.1, 0.15) is 27.7 Å². The van der Waals surface area contributed by atoms with Gasteiger partial charge in [0.2, 0.25) is 0 Å². The number of hydrogen-bond acceptors (Lipinski definition) is 2. The van der Waals surface area contributed by atoms with E-state index >= 15 is 0 Å². The zero-order valence-corrected chi connectivity index (χ0v) is 15.1. The molecule has 1 N–H and O–H groups in total. The van der Waals surface area contributed by atoms with Crippen LogP contribution in [0.3, 0.4) is 0 Å². The Bertz CT molecular complexity index is 901. The summed E-state index contributed by atoms with van der Waals surface area (Å²) in [5, 5.41) is 4.73. The summed E-state index contributed by atoms with van der Waals surface area (Å²) in [5.41, 5.74) is 3.00. The molecule has 0 fully saturated rings. The molecule has 0 aliphatic carbocycles. The molecule has 23 heavy (non-hydrogen) atoms. The van der Waals surface area contributed by atoms with Gasteiger partial charge in [0.25, 0.3) is 5.91 Å². The lowest BCUT2D eigenvalue weighted by Crippen LogP contribution is -2.13. The van der Waals surface area contributed by atoms with E-state index in [4.69, 9.17) is 23.2 Å². The van der Waals surface area contributed by atoms with E-state index in [-0.39, 0.29) is 5.91 Å². The maximum Gasteiger partial charge on any atom is 0.267 e. The number of nitrogens with one attached hydrogen (secondary N) is 1. The fourth-order valence-corrected chi connectivity index (χ4v) is 4.44. The molecule has 0 atom stereocenters. The Morgan fingerprint density at radius 2 is 1.91 bits per heavy atom. The van der Waals surface area contributed by atoms with Crippen molar-refractivity contribution in [1.82, 2.24) is 0 Å². The van der Waals surface area contributed by atoms with Crippen LogP contribution < -0.4 is 5.32 Å². The minimum atomic E-state index is -0.198. The van der Waals surface area contributed by atoms with Gasteiger partial charge in [-0.2, -0.15) is 0 Å². The number of halogens is 2. The maximum atomic E-state index is 12.7. The summed E-state index contributed by atoms with van der Waals surface area (Å²) < 4.78 is 0.910.